The third-order valence-corrected chi connectivity index (χ3v) is 5.15. The Kier molecular flexibility index (Phi) is 5.22. The molecule has 1 saturated carbocycles. The van der Waals surface area contributed by atoms with E-state index in [-0.39, 0.29) is 23.8 Å². The van der Waals surface area contributed by atoms with Crippen molar-refractivity contribution < 1.29 is 22.3 Å². The summed E-state index contributed by atoms with van der Waals surface area (Å²) in [5.41, 5.74) is 0.929. The van der Waals surface area contributed by atoms with Gasteiger partial charge in [0, 0.05) is 23.5 Å². The Morgan fingerprint density at radius 2 is 1.90 bits per heavy atom. The molecule has 1 heterocycles. The molecule has 0 N–H and O–H groups in total. The van der Waals surface area contributed by atoms with Gasteiger partial charge in [0.2, 0.25) is 0 Å². The van der Waals surface area contributed by atoms with Gasteiger partial charge in [-0.2, -0.15) is 13.2 Å². The fourth-order valence-electron chi connectivity index (χ4n) is 3.39. The Morgan fingerprint density at radius 3 is 2.55 bits per heavy atom. The molecule has 0 bridgehead atoms. The predicted molar refractivity (Wildman–Crippen MR) is 99.8 cm³/mol. The summed E-state index contributed by atoms with van der Waals surface area (Å²) in [6, 6.07) is 8.35. The number of hydrogen-bond acceptors (Lipinski definition) is 3. The van der Waals surface area contributed by atoms with Crippen molar-refractivity contribution in [2.75, 3.05) is 0 Å². The van der Waals surface area contributed by atoms with Crippen LogP contribution >= 0.6 is 0 Å². The highest BCUT2D eigenvalue weighted by Gasteiger charge is 2.31. The van der Waals surface area contributed by atoms with Crippen LogP contribution in [0.15, 0.2) is 55.0 Å². The van der Waals surface area contributed by atoms with Gasteiger partial charge in [0.15, 0.2) is 11.6 Å². The maximum Gasteiger partial charge on any atom is 0.416 e. The molecule has 1 aliphatic carbocycles. The van der Waals surface area contributed by atoms with Gasteiger partial charge in [-0.25, -0.2) is 4.39 Å². The van der Waals surface area contributed by atoms with Crippen LogP contribution < -0.4 is 4.74 Å². The minimum atomic E-state index is -4.44. The standard InChI is InChI=1S/C22H18F4N2O/c23-20-18(19-12-27-9-10-28-19)8-7-17(15-4-2-5-15)21(20)29-13-14-3-1-6-16(11-14)22(24,25)26/h1,3,6-12,15H,2,4-5,13H2. The van der Waals surface area contributed by atoms with Crippen molar-refractivity contribution >= 4 is 0 Å². The van der Waals surface area contributed by atoms with E-state index in [4.69, 9.17) is 4.74 Å². The Hall–Kier alpha value is -2.96. The molecule has 0 saturated heterocycles. The number of benzene rings is 2. The van der Waals surface area contributed by atoms with Gasteiger partial charge in [-0.1, -0.05) is 24.6 Å². The van der Waals surface area contributed by atoms with Gasteiger partial charge in [-0.3, -0.25) is 9.97 Å². The molecule has 150 valence electrons. The van der Waals surface area contributed by atoms with Crippen molar-refractivity contribution in [3.05, 3.63) is 77.5 Å². The second kappa shape index (κ2) is 7.81. The van der Waals surface area contributed by atoms with Gasteiger partial charge in [-0.15, -0.1) is 0 Å². The lowest BCUT2D eigenvalue weighted by atomic mass is 9.79. The normalized spacial score (nSPS) is 14.5. The molecule has 0 unspecified atom stereocenters. The lowest BCUT2D eigenvalue weighted by Crippen LogP contribution is -2.12. The van der Waals surface area contributed by atoms with Crippen LogP contribution in [-0.2, 0) is 12.8 Å². The smallest absolute Gasteiger partial charge is 0.416 e. The molecule has 29 heavy (non-hydrogen) atoms. The molecule has 0 atom stereocenters. The average molecular weight is 402 g/mol. The largest absolute Gasteiger partial charge is 0.486 e. The summed E-state index contributed by atoms with van der Waals surface area (Å²) in [7, 11) is 0. The van der Waals surface area contributed by atoms with Crippen molar-refractivity contribution in [1.29, 1.82) is 0 Å². The fourth-order valence-corrected chi connectivity index (χ4v) is 3.39. The van der Waals surface area contributed by atoms with E-state index < -0.39 is 17.6 Å². The molecule has 3 nitrogen and oxygen atoms in total. The number of alkyl halides is 3. The molecule has 2 aromatic carbocycles. The zero-order valence-corrected chi connectivity index (χ0v) is 15.4. The van der Waals surface area contributed by atoms with Crippen molar-refractivity contribution in [3.63, 3.8) is 0 Å². The van der Waals surface area contributed by atoms with Crippen LogP contribution in [0.25, 0.3) is 11.3 Å². The molecule has 7 heteroatoms. The van der Waals surface area contributed by atoms with Crippen LogP contribution in [0.1, 0.15) is 41.9 Å². The minimum absolute atomic E-state index is 0.0789. The first-order valence-corrected chi connectivity index (χ1v) is 9.31. The summed E-state index contributed by atoms with van der Waals surface area (Å²) < 4.78 is 59.9. The van der Waals surface area contributed by atoms with Crippen LogP contribution in [0.4, 0.5) is 17.6 Å². The third kappa shape index (κ3) is 4.09. The molecule has 0 aliphatic heterocycles. The summed E-state index contributed by atoms with van der Waals surface area (Å²) in [5.74, 6) is -0.297. The minimum Gasteiger partial charge on any atom is -0.486 e. The molecular formula is C22H18F4N2O. The Morgan fingerprint density at radius 1 is 1.07 bits per heavy atom. The molecule has 0 amide bonds. The van der Waals surface area contributed by atoms with Crippen LogP contribution in [0.2, 0.25) is 0 Å². The molecule has 4 rings (SSSR count). The van der Waals surface area contributed by atoms with Crippen LogP contribution in [0.3, 0.4) is 0 Å². The predicted octanol–water partition coefficient (Wildman–Crippen LogP) is 6.15. The molecule has 0 spiro atoms. The van der Waals surface area contributed by atoms with E-state index in [0.29, 0.717) is 11.3 Å². The van der Waals surface area contributed by atoms with Crippen molar-refractivity contribution in [1.82, 2.24) is 9.97 Å². The zero-order valence-electron chi connectivity index (χ0n) is 15.4. The summed E-state index contributed by atoms with van der Waals surface area (Å²) in [6.45, 7) is -0.162. The Labute approximate surface area is 165 Å². The number of ether oxygens (including phenoxy) is 1. The van der Waals surface area contributed by atoms with Gasteiger partial charge in [-0.05, 0) is 42.5 Å². The first-order valence-electron chi connectivity index (χ1n) is 9.31. The monoisotopic (exact) mass is 402 g/mol. The Balaban J connectivity index is 1.66. The number of rotatable bonds is 5. The van der Waals surface area contributed by atoms with Crippen molar-refractivity contribution in [2.45, 2.75) is 38.0 Å². The fraction of sp³-hybridized carbons (Fsp3) is 0.273. The van der Waals surface area contributed by atoms with E-state index in [2.05, 4.69) is 9.97 Å². The van der Waals surface area contributed by atoms with Crippen molar-refractivity contribution in [2.24, 2.45) is 0 Å². The molecule has 1 aromatic heterocycles. The first-order chi connectivity index (χ1) is 13.9. The van der Waals surface area contributed by atoms with Crippen LogP contribution in [0.5, 0.6) is 5.75 Å². The van der Waals surface area contributed by atoms with E-state index in [1.54, 1.807) is 6.07 Å². The molecular weight excluding hydrogens is 384 g/mol. The molecule has 1 fully saturated rings. The highest BCUT2D eigenvalue weighted by Crippen LogP contribution is 2.44. The zero-order chi connectivity index (χ0) is 20.4. The van der Waals surface area contributed by atoms with Gasteiger partial charge in [0.1, 0.15) is 6.61 Å². The average Bonchev–Trinajstić information content (AvgIpc) is 2.67. The van der Waals surface area contributed by atoms with Gasteiger partial charge in [0.05, 0.1) is 17.5 Å². The van der Waals surface area contributed by atoms with E-state index in [1.807, 2.05) is 6.07 Å². The summed E-state index contributed by atoms with van der Waals surface area (Å²) in [4.78, 5) is 8.10. The van der Waals surface area contributed by atoms with E-state index >= 15 is 4.39 Å². The lowest BCUT2D eigenvalue weighted by Gasteiger charge is -2.28. The van der Waals surface area contributed by atoms with Gasteiger partial charge >= 0.3 is 6.18 Å². The highest BCUT2D eigenvalue weighted by atomic mass is 19.4. The summed E-state index contributed by atoms with van der Waals surface area (Å²) >= 11 is 0. The topological polar surface area (TPSA) is 35.0 Å². The van der Waals surface area contributed by atoms with E-state index in [0.717, 1.165) is 37.0 Å². The number of hydrogen-bond donors (Lipinski definition) is 0. The second-order valence-corrected chi connectivity index (χ2v) is 7.05. The van der Waals surface area contributed by atoms with E-state index in [9.17, 15) is 13.2 Å². The Bertz CT molecular complexity index is 1000. The quantitative estimate of drug-likeness (QED) is 0.480. The molecule has 0 radical (unpaired) electrons. The highest BCUT2D eigenvalue weighted by molar-refractivity contribution is 5.63. The summed E-state index contributed by atoms with van der Waals surface area (Å²) in [6.07, 6.45) is 2.91. The first kappa shape index (κ1) is 19.4. The second-order valence-electron chi connectivity index (χ2n) is 7.05. The molecule has 1 aliphatic rings. The van der Waals surface area contributed by atoms with E-state index in [1.165, 1.54) is 30.7 Å². The van der Waals surface area contributed by atoms with Gasteiger partial charge in [0.25, 0.3) is 0 Å². The lowest BCUT2D eigenvalue weighted by molar-refractivity contribution is -0.137. The van der Waals surface area contributed by atoms with Crippen LogP contribution in [-0.4, -0.2) is 9.97 Å². The third-order valence-electron chi connectivity index (χ3n) is 5.15. The maximum absolute atomic E-state index is 15.3. The SMILES string of the molecule is Fc1c(-c2cnccn2)ccc(C2CCC2)c1OCc1cccc(C(F)(F)F)c1. The van der Waals surface area contributed by atoms with Crippen LogP contribution in [0, 0.1) is 5.82 Å². The summed E-state index contributed by atoms with van der Waals surface area (Å²) in [5, 5.41) is 0. The van der Waals surface area contributed by atoms with Crippen molar-refractivity contribution in [3.8, 4) is 17.0 Å². The number of halogens is 4. The molecule has 3 aromatic rings. The number of aromatic nitrogens is 2. The number of nitrogens with zero attached hydrogens (tertiary/aromatic N) is 2. The van der Waals surface area contributed by atoms with Gasteiger partial charge < -0.3 is 4.74 Å². The maximum atomic E-state index is 15.3.